The number of pyridine rings is 1. The molecule has 0 saturated carbocycles. The van der Waals surface area contributed by atoms with E-state index in [4.69, 9.17) is 5.11 Å². The van der Waals surface area contributed by atoms with E-state index in [0.717, 1.165) is 16.9 Å². The third-order valence-electron chi connectivity index (χ3n) is 2.37. The predicted molar refractivity (Wildman–Crippen MR) is 56.9 cm³/mol. The van der Waals surface area contributed by atoms with Crippen LogP contribution in [0.4, 0.5) is 0 Å². The molecule has 0 aliphatic rings. The summed E-state index contributed by atoms with van der Waals surface area (Å²) in [4.78, 5) is 16.1. The number of aromatic amines is 1. The lowest BCUT2D eigenvalue weighted by Gasteiger charge is -1.95. The zero-order chi connectivity index (χ0) is 11.0. The molecule has 2 aromatic heterocycles. The van der Waals surface area contributed by atoms with Gasteiger partial charge in [-0.1, -0.05) is 0 Å². The Morgan fingerprint density at radius 1 is 1.53 bits per heavy atom. The van der Waals surface area contributed by atoms with Gasteiger partial charge in [0.15, 0.2) is 0 Å². The van der Waals surface area contributed by atoms with Crippen molar-refractivity contribution in [3.05, 3.63) is 27.8 Å². The molecule has 0 aliphatic heterocycles. The molecule has 5 nitrogen and oxygen atoms in total. The van der Waals surface area contributed by atoms with Crippen molar-refractivity contribution in [2.45, 2.75) is 20.4 Å². The van der Waals surface area contributed by atoms with E-state index in [1.807, 2.05) is 19.9 Å². The third-order valence-corrected chi connectivity index (χ3v) is 2.37. The van der Waals surface area contributed by atoms with Crippen molar-refractivity contribution in [3.63, 3.8) is 0 Å². The Morgan fingerprint density at radius 3 is 2.93 bits per heavy atom. The van der Waals surface area contributed by atoms with Crippen molar-refractivity contribution >= 4 is 10.9 Å². The van der Waals surface area contributed by atoms with E-state index >= 15 is 0 Å². The Balaban J connectivity index is 2.76. The van der Waals surface area contributed by atoms with Crippen LogP contribution in [0.2, 0.25) is 0 Å². The summed E-state index contributed by atoms with van der Waals surface area (Å²) in [6.07, 6.45) is 0. The molecule has 15 heavy (non-hydrogen) atoms. The Labute approximate surface area is 86.4 Å². The maximum Gasteiger partial charge on any atom is 0.276 e. The topological polar surface area (TPSA) is 70.9 Å². The number of aromatic nitrogens is 3. The minimum atomic E-state index is -0.121. The molecule has 2 rings (SSSR count). The largest absolute Gasteiger partial charge is 0.394 e. The van der Waals surface area contributed by atoms with Gasteiger partial charge in [0.25, 0.3) is 5.56 Å². The molecule has 0 spiro atoms. The van der Waals surface area contributed by atoms with Crippen molar-refractivity contribution in [2.75, 3.05) is 6.61 Å². The van der Waals surface area contributed by atoms with E-state index in [1.54, 1.807) is 0 Å². The summed E-state index contributed by atoms with van der Waals surface area (Å²) in [5.74, 6) is 0. The number of hydrogen-bond donors (Lipinski definition) is 2. The Morgan fingerprint density at radius 2 is 2.27 bits per heavy atom. The zero-order valence-corrected chi connectivity index (χ0v) is 8.74. The number of nitrogens with one attached hydrogen (secondary N) is 1. The number of rotatable bonds is 2. The molecule has 0 atom stereocenters. The molecule has 0 aromatic carbocycles. The number of nitrogens with zero attached hydrogens (tertiary/aromatic N) is 2. The summed E-state index contributed by atoms with van der Waals surface area (Å²) < 4.78 is 1.40. The van der Waals surface area contributed by atoms with Gasteiger partial charge in [0.1, 0.15) is 0 Å². The van der Waals surface area contributed by atoms with E-state index in [9.17, 15) is 4.79 Å². The SMILES string of the molecule is Cc1cc2[nH]n(CCO)c(=O)c2c(C)n1. The average Bonchev–Trinajstić information content (AvgIpc) is 2.43. The van der Waals surface area contributed by atoms with Gasteiger partial charge >= 0.3 is 0 Å². The van der Waals surface area contributed by atoms with Gasteiger partial charge in [-0.3, -0.25) is 14.9 Å². The average molecular weight is 207 g/mol. The van der Waals surface area contributed by atoms with E-state index in [0.29, 0.717) is 5.39 Å². The molecule has 0 unspecified atom stereocenters. The van der Waals surface area contributed by atoms with Crippen molar-refractivity contribution in [1.29, 1.82) is 0 Å². The molecule has 0 fully saturated rings. The van der Waals surface area contributed by atoms with Crippen LogP contribution in [0, 0.1) is 13.8 Å². The van der Waals surface area contributed by atoms with Crippen LogP contribution in [-0.4, -0.2) is 26.5 Å². The van der Waals surface area contributed by atoms with Crippen LogP contribution in [0.25, 0.3) is 10.9 Å². The fourth-order valence-corrected chi connectivity index (χ4v) is 1.78. The molecular formula is C10H13N3O2. The lowest BCUT2D eigenvalue weighted by atomic mass is 10.2. The smallest absolute Gasteiger partial charge is 0.276 e. The second kappa shape index (κ2) is 3.51. The van der Waals surface area contributed by atoms with Gasteiger partial charge in [-0.2, -0.15) is 0 Å². The monoisotopic (exact) mass is 207 g/mol. The number of H-pyrrole nitrogens is 1. The van der Waals surface area contributed by atoms with E-state index < -0.39 is 0 Å². The molecule has 0 amide bonds. The highest BCUT2D eigenvalue weighted by Gasteiger charge is 2.09. The molecule has 0 aliphatic carbocycles. The van der Waals surface area contributed by atoms with Gasteiger partial charge in [-0.25, -0.2) is 4.68 Å². The number of aliphatic hydroxyl groups is 1. The molecule has 0 bridgehead atoms. The van der Waals surface area contributed by atoms with Gasteiger partial charge in [0.05, 0.1) is 29.7 Å². The molecule has 5 heteroatoms. The summed E-state index contributed by atoms with van der Waals surface area (Å²) in [6, 6.07) is 1.83. The predicted octanol–water partition coefficient (Wildman–Crippen LogP) is 0.334. The Bertz CT molecular complexity index is 554. The zero-order valence-electron chi connectivity index (χ0n) is 8.74. The van der Waals surface area contributed by atoms with Gasteiger partial charge in [-0.05, 0) is 19.9 Å². The van der Waals surface area contributed by atoms with Crippen molar-refractivity contribution in [3.8, 4) is 0 Å². The van der Waals surface area contributed by atoms with Crippen LogP contribution in [0.3, 0.4) is 0 Å². The fraction of sp³-hybridized carbons (Fsp3) is 0.400. The maximum atomic E-state index is 11.8. The number of aliphatic hydroxyl groups excluding tert-OH is 1. The van der Waals surface area contributed by atoms with Crippen LogP contribution in [0.1, 0.15) is 11.4 Å². The molecule has 2 heterocycles. The minimum Gasteiger partial charge on any atom is -0.394 e. The molecule has 0 radical (unpaired) electrons. The first-order valence-electron chi connectivity index (χ1n) is 4.81. The summed E-state index contributed by atoms with van der Waals surface area (Å²) in [6.45, 7) is 3.92. The molecule has 80 valence electrons. The van der Waals surface area contributed by atoms with Crippen LogP contribution in [0.5, 0.6) is 0 Å². The first-order valence-corrected chi connectivity index (χ1v) is 4.81. The summed E-state index contributed by atoms with van der Waals surface area (Å²) >= 11 is 0. The van der Waals surface area contributed by atoms with Crippen LogP contribution >= 0.6 is 0 Å². The first kappa shape index (κ1) is 9.92. The number of fused-ring (bicyclic) bond motifs is 1. The molecule has 0 saturated heterocycles. The molecule has 2 aromatic rings. The van der Waals surface area contributed by atoms with E-state index in [2.05, 4.69) is 10.1 Å². The van der Waals surface area contributed by atoms with Crippen LogP contribution < -0.4 is 5.56 Å². The second-order valence-corrected chi connectivity index (χ2v) is 3.56. The van der Waals surface area contributed by atoms with Crippen molar-refractivity contribution < 1.29 is 5.11 Å². The third kappa shape index (κ3) is 1.55. The highest BCUT2D eigenvalue weighted by Crippen LogP contribution is 2.11. The molecular weight excluding hydrogens is 194 g/mol. The maximum absolute atomic E-state index is 11.8. The van der Waals surface area contributed by atoms with Gasteiger partial charge in [-0.15, -0.1) is 0 Å². The second-order valence-electron chi connectivity index (χ2n) is 3.56. The number of hydrogen-bond acceptors (Lipinski definition) is 3. The van der Waals surface area contributed by atoms with Crippen LogP contribution in [0.15, 0.2) is 10.9 Å². The Hall–Kier alpha value is -1.62. The summed E-state index contributed by atoms with van der Waals surface area (Å²) in [5.41, 5.74) is 2.25. The van der Waals surface area contributed by atoms with E-state index in [1.165, 1.54) is 4.68 Å². The normalized spacial score (nSPS) is 11.1. The standard InChI is InChI=1S/C10H13N3O2/c1-6-5-8-9(7(2)11-6)10(15)13(12-8)3-4-14/h5,12,14H,3-4H2,1-2H3. The molecule has 2 N–H and O–H groups in total. The van der Waals surface area contributed by atoms with Gasteiger partial charge in [0, 0.05) is 5.69 Å². The lowest BCUT2D eigenvalue weighted by molar-refractivity contribution is 0.268. The summed E-state index contributed by atoms with van der Waals surface area (Å²) in [5, 5.41) is 12.4. The fourth-order valence-electron chi connectivity index (χ4n) is 1.78. The van der Waals surface area contributed by atoms with Gasteiger partial charge < -0.3 is 5.11 Å². The Kier molecular flexibility index (Phi) is 2.32. The van der Waals surface area contributed by atoms with Crippen molar-refractivity contribution in [2.24, 2.45) is 0 Å². The minimum absolute atomic E-state index is 0.0574. The number of aryl methyl sites for hydroxylation is 2. The van der Waals surface area contributed by atoms with Crippen molar-refractivity contribution in [1.82, 2.24) is 14.8 Å². The van der Waals surface area contributed by atoms with E-state index in [-0.39, 0.29) is 18.7 Å². The first-order chi connectivity index (χ1) is 7.13. The highest BCUT2D eigenvalue weighted by atomic mass is 16.3. The van der Waals surface area contributed by atoms with Crippen LogP contribution in [-0.2, 0) is 6.54 Å². The lowest BCUT2D eigenvalue weighted by Crippen LogP contribution is -2.18. The quantitative estimate of drug-likeness (QED) is 0.745. The summed E-state index contributed by atoms with van der Waals surface area (Å²) in [7, 11) is 0. The van der Waals surface area contributed by atoms with Gasteiger partial charge in [0.2, 0.25) is 0 Å². The highest BCUT2D eigenvalue weighted by molar-refractivity contribution is 5.80.